The lowest BCUT2D eigenvalue weighted by Crippen LogP contribution is -2.48. The molecule has 1 N–H and O–H groups in total. The first-order chi connectivity index (χ1) is 12.1. The van der Waals surface area contributed by atoms with Crippen LogP contribution in [0.1, 0.15) is 26.3 Å². The fourth-order valence-corrected chi connectivity index (χ4v) is 3.79. The molecule has 138 valence electrons. The second kappa shape index (κ2) is 6.28. The number of hydrogen-bond donors (Lipinski definition) is 1. The number of nitrogens with zero attached hydrogens (tertiary/aromatic N) is 2. The van der Waals surface area contributed by atoms with Crippen LogP contribution >= 0.6 is 0 Å². The smallest absolute Gasteiger partial charge is 0.263 e. The Labute approximate surface area is 153 Å². The molecule has 3 rings (SSSR count). The lowest BCUT2D eigenvalue weighted by atomic mass is 10.1. The van der Waals surface area contributed by atoms with Gasteiger partial charge < -0.3 is 9.64 Å². The summed E-state index contributed by atoms with van der Waals surface area (Å²) in [6.07, 6.45) is 1.58. The van der Waals surface area contributed by atoms with E-state index in [0.717, 1.165) is 5.56 Å². The number of aryl methyl sites for hydroxylation is 1. The Hall–Kier alpha value is -2.61. The fourth-order valence-electron chi connectivity index (χ4n) is 2.76. The molecule has 2 heterocycles. The zero-order valence-corrected chi connectivity index (χ0v) is 15.9. The Morgan fingerprint density at radius 2 is 2.00 bits per heavy atom. The minimum atomic E-state index is -3.84. The molecule has 2 aromatic rings. The van der Waals surface area contributed by atoms with Gasteiger partial charge in [0.15, 0.2) is 0 Å². The molecule has 0 aliphatic carbocycles. The standard InChI is InChI=1S/C18H21N3O4S/c1-12-5-8-17(19-10-12)20-26(23,24)14-6-7-16-15(9-14)21(13(2)22)11-18(3,4)25-16/h5-10H,11H2,1-4H3,(H,19,20). The number of benzene rings is 1. The summed E-state index contributed by atoms with van der Waals surface area (Å²) in [5, 5.41) is 0. The molecule has 26 heavy (non-hydrogen) atoms. The highest BCUT2D eigenvalue weighted by Gasteiger charge is 2.34. The van der Waals surface area contributed by atoms with Crippen LogP contribution in [-0.4, -0.2) is 31.5 Å². The highest BCUT2D eigenvalue weighted by Crippen LogP contribution is 2.38. The van der Waals surface area contributed by atoms with Crippen molar-refractivity contribution in [3.8, 4) is 5.75 Å². The summed E-state index contributed by atoms with van der Waals surface area (Å²) in [5.41, 5.74) is 0.818. The first-order valence-corrected chi connectivity index (χ1v) is 9.62. The van der Waals surface area contributed by atoms with E-state index in [1.54, 1.807) is 24.4 Å². The molecule has 0 unspecified atom stereocenters. The number of ether oxygens (including phenoxy) is 1. The van der Waals surface area contributed by atoms with E-state index in [-0.39, 0.29) is 16.6 Å². The van der Waals surface area contributed by atoms with E-state index in [0.29, 0.717) is 18.0 Å². The number of amides is 1. The van der Waals surface area contributed by atoms with Crippen LogP contribution in [0.4, 0.5) is 11.5 Å². The van der Waals surface area contributed by atoms with Gasteiger partial charge in [0.25, 0.3) is 10.0 Å². The Morgan fingerprint density at radius 1 is 1.27 bits per heavy atom. The van der Waals surface area contributed by atoms with Crippen LogP contribution in [0.25, 0.3) is 0 Å². The van der Waals surface area contributed by atoms with Gasteiger partial charge in [-0.15, -0.1) is 0 Å². The zero-order valence-electron chi connectivity index (χ0n) is 15.1. The van der Waals surface area contributed by atoms with Gasteiger partial charge in [-0.2, -0.15) is 0 Å². The van der Waals surface area contributed by atoms with Crippen LogP contribution in [0.3, 0.4) is 0 Å². The van der Waals surface area contributed by atoms with E-state index in [1.165, 1.54) is 24.0 Å². The number of rotatable bonds is 3. The van der Waals surface area contributed by atoms with Crippen molar-refractivity contribution in [3.05, 3.63) is 42.1 Å². The summed E-state index contributed by atoms with van der Waals surface area (Å²) in [6.45, 7) is 7.40. The third-order valence-electron chi connectivity index (χ3n) is 3.99. The summed E-state index contributed by atoms with van der Waals surface area (Å²) in [4.78, 5) is 17.7. The highest BCUT2D eigenvalue weighted by atomic mass is 32.2. The van der Waals surface area contributed by atoms with Crippen molar-refractivity contribution in [2.75, 3.05) is 16.2 Å². The maximum atomic E-state index is 12.7. The molecule has 0 bridgehead atoms. The summed E-state index contributed by atoms with van der Waals surface area (Å²) in [7, 11) is -3.84. The second-order valence-corrected chi connectivity index (χ2v) is 8.61. The van der Waals surface area contributed by atoms with Gasteiger partial charge in [-0.1, -0.05) is 6.07 Å². The average molecular weight is 375 g/mol. The summed E-state index contributed by atoms with van der Waals surface area (Å²) < 4.78 is 33.7. The van der Waals surface area contributed by atoms with Crippen molar-refractivity contribution in [2.45, 2.75) is 38.2 Å². The Balaban J connectivity index is 1.98. The minimum Gasteiger partial charge on any atom is -0.484 e. The fraction of sp³-hybridized carbons (Fsp3) is 0.333. The van der Waals surface area contributed by atoms with Crippen molar-refractivity contribution >= 4 is 27.4 Å². The molecule has 1 aliphatic heterocycles. The predicted molar refractivity (Wildman–Crippen MR) is 99.0 cm³/mol. The Bertz CT molecular complexity index is 953. The highest BCUT2D eigenvalue weighted by molar-refractivity contribution is 7.92. The van der Waals surface area contributed by atoms with Gasteiger partial charge in [0.05, 0.1) is 17.1 Å². The SMILES string of the molecule is CC(=O)N1CC(C)(C)Oc2ccc(S(=O)(=O)Nc3ccc(C)cn3)cc21. The molecule has 0 radical (unpaired) electrons. The van der Waals surface area contributed by atoms with Crippen molar-refractivity contribution in [1.82, 2.24) is 4.98 Å². The monoisotopic (exact) mass is 375 g/mol. The molecule has 0 saturated carbocycles. The van der Waals surface area contributed by atoms with Crippen LogP contribution < -0.4 is 14.4 Å². The van der Waals surface area contributed by atoms with Crippen LogP contribution in [0, 0.1) is 6.92 Å². The topological polar surface area (TPSA) is 88.6 Å². The van der Waals surface area contributed by atoms with E-state index >= 15 is 0 Å². The molecule has 8 heteroatoms. The van der Waals surface area contributed by atoms with Crippen molar-refractivity contribution in [2.24, 2.45) is 0 Å². The van der Waals surface area contributed by atoms with Crippen molar-refractivity contribution in [1.29, 1.82) is 0 Å². The number of fused-ring (bicyclic) bond motifs is 1. The number of pyridine rings is 1. The molecule has 1 aliphatic rings. The van der Waals surface area contributed by atoms with E-state index in [4.69, 9.17) is 4.74 Å². The van der Waals surface area contributed by atoms with Crippen LogP contribution in [-0.2, 0) is 14.8 Å². The molecule has 0 spiro atoms. The van der Waals surface area contributed by atoms with Gasteiger partial charge in [-0.05, 0) is 50.6 Å². The first kappa shape index (κ1) is 18.2. The quantitative estimate of drug-likeness (QED) is 0.891. The number of sulfonamides is 1. The maximum absolute atomic E-state index is 12.7. The number of aromatic nitrogens is 1. The normalized spacial score (nSPS) is 15.8. The molecule has 0 saturated heterocycles. The second-order valence-electron chi connectivity index (χ2n) is 6.92. The molecule has 1 aromatic carbocycles. The number of hydrogen-bond acceptors (Lipinski definition) is 5. The largest absolute Gasteiger partial charge is 0.484 e. The van der Waals surface area contributed by atoms with Gasteiger partial charge >= 0.3 is 0 Å². The van der Waals surface area contributed by atoms with Crippen LogP contribution in [0.5, 0.6) is 5.75 Å². The first-order valence-electron chi connectivity index (χ1n) is 8.14. The van der Waals surface area contributed by atoms with E-state index in [1.807, 2.05) is 20.8 Å². The molecule has 7 nitrogen and oxygen atoms in total. The molecular formula is C18H21N3O4S. The number of nitrogens with one attached hydrogen (secondary N) is 1. The third kappa shape index (κ3) is 3.65. The molecule has 0 fully saturated rings. The Morgan fingerprint density at radius 3 is 2.62 bits per heavy atom. The van der Waals surface area contributed by atoms with Gasteiger partial charge in [-0.3, -0.25) is 9.52 Å². The van der Waals surface area contributed by atoms with E-state index in [2.05, 4.69) is 9.71 Å². The number of carbonyl (C=O) groups is 1. The van der Waals surface area contributed by atoms with Gasteiger partial charge in [0.2, 0.25) is 5.91 Å². The van der Waals surface area contributed by atoms with Crippen LogP contribution in [0.2, 0.25) is 0 Å². The lowest BCUT2D eigenvalue weighted by Gasteiger charge is -2.39. The lowest BCUT2D eigenvalue weighted by molar-refractivity contribution is -0.117. The average Bonchev–Trinajstić information content (AvgIpc) is 2.54. The summed E-state index contributed by atoms with van der Waals surface area (Å²) in [5.74, 6) is 0.531. The van der Waals surface area contributed by atoms with E-state index < -0.39 is 15.6 Å². The number of carbonyl (C=O) groups excluding carboxylic acids is 1. The Kier molecular flexibility index (Phi) is 4.39. The molecule has 1 amide bonds. The number of anilines is 2. The van der Waals surface area contributed by atoms with Gasteiger partial charge in [-0.25, -0.2) is 13.4 Å². The van der Waals surface area contributed by atoms with Gasteiger partial charge in [0.1, 0.15) is 17.2 Å². The third-order valence-corrected chi connectivity index (χ3v) is 5.34. The van der Waals surface area contributed by atoms with Crippen molar-refractivity contribution in [3.63, 3.8) is 0 Å². The summed E-state index contributed by atoms with van der Waals surface area (Å²) >= 11 is 0. The predicted octanol–water partition coefficient (Wildman–Crippen LogP) is 2.71. The summed E-state index contributed by atoms with van der Waals surface area (Å²) in [6, 6.07) is 7.84. The van der Waals surface area contributed by atoms with Gasteiger partial charge in [0, 0.05) is 13.1 Å². The maximum Gasteiger partial charge on any atom is 0.263 e. The van der Waals surface area contributed by atoms with E-state index in [9.17, 15) is 13.2 Å². The van der Waals surface area contributed by atoms with Crippen LogP contribution in [0.15, 0.2) is 41.4 Å². The molecular weight excluding hydrogens is 354 g/mol. The molecule has 0 atom stereocenters. The van der Waals surface area contributed by atoms with Crippen molar-refractivity contribution < 1.29 is 17.9 Å². The molecule has 1 aromatic heterocycles. The zero-order chi connectivity index (χ0) is 19.1. The minimum absolute atomic E-state index is 0.0354.